The van der Waals surface area contributed by atoms with Crippen LogP contribution in [0.5, 0.6) is 5.75 Å². The van der Waals surface area contributed by atoms with Crippen molar-refractivity contribution in [1.82, 2.24) is 0 Å². The van der Waals surface area contributed by atoms with Gasteiger partial charge in [0.2, 0.25) is 0 Å². The second-order valence-electron chi connectivity index (χ2n) is 5.37. The van der Waals surface area contributed by atoms with Crippen LogP contribution >= 0.6 is 11.8 Å². The van der Waals surface area contributed by atoms with E-state index in [0.29, 0.717) is 12.5 Å². The second kappa shape index (κ2) is 8.48. The standard InChI is InChI=1S/C18H23N3OS/c1-13(2)22-16-8-6-15(7-9-16)21-18(19)20-12-14-4-10-17(23-3)11-5-14/h4-11,13H,12H2,1-3H3,(H3,19,20,21). The Labute approximate surface area is 142 Å². The van der Waals surface area contributed by atoms with Gasteiger partial charge in [0.1, 0.15) is 5.75 Å². The quantitative estimate of drug-likeness (QED) is 0.475. The Morgan fingerprint density at radius 2 is 1.78 bits per heavy atom. The number of thioether (sulfide) groups is 1. The van der Waals surface area contributed by atoms with Crippen LogP contribution in [-0.4, -0.2) is 18.3 Å². The van der Waals surface area contributed by atoms with E-state index in [1.54, 1.807) is 11.8 Å². The molecule has 0 spiro atoms. The molecule has 0 unspecified atom stereocenters. The molecular weight excluding hydrogens is 306 g/mol. The van der Waals surface area contributed by atoms with Gasteiger partial charge in [0.15, 0.2) is 5.96 Å². The molecule has 2 rings (SSSR count). The summed E-state index contributed by atoms with van der Waals surface area (Å²) in [5, 5.41) is 3.08. The molecule has 0 bridgehead atoms. The van der Waals surface area contributed by atoms with Crippen molar-refractivity contribution >= 4 is 23.4 Å². The van der Waals surface area contributed by atoms with Gasteiger partial charge in [-0.05, 0) is 62.1 Å². The predicted octanol–water partition coefficient (Wildman–Crippen LogP) is 4.12. The zero-order valence-electron chi connectivity index (χ0n) is 13.7. The second-order valence-corrected chi connectivity index (χ2v) is 6.25. The van der Waals surface area contributed by atoms with Gasteiger partial charge >= 0.3 is 0 Å². The Kier molecular flexibility index (Phi) is 6.35. The van der Waals surface area contributed by atoms with Crippen LogP contribution < -0.4 is 15.8 Å². The Bertz CT molecular complexity index is 636. The molecule has 0 heterocycles. The number of hydrogen-bond acceptors (Lipinski definition) is 3. The fraction of sp³-hybridized carbons (Fsp3) is 0.278. The van der Waals surface area contributed by atoms with Gasteiger partial charge in [-0.1, -0.05) is 12.1 Å². The van der Waals surface area contributed by atoms with Gasteiger partial charge in [-0.2, -0.15) is 0 Å². The van der Waals surface area contributed by atoms with Crippen molar-refractivity contribution in [2.24, 2.45) is 10.7 Å². The normalized spacial score (nSPS) is 11.6. The zero-order chi connectivity index (χ0) is 16.7. The molecule has 0 amide bonds. The van der Waals surface area contributed by atoms with Crippen molar-refractivity contribution < 1.29 is 4.74 Å². The van der Waals surface area contributed by atoms with Crippen molar-refractivity contribution in [3.05, 3.63) is 54.1 Å². The Balaban J connectivity index is 1.90. The monoisotopic (exact) mass is 329 g/mol. The lowest BCUT2D eigenvalue weighted by Crippen LogP contribution is -2.22. The summed E-state index contributed by atoms with van der Waals surface area (Å²) < 4.78 is 5.61. The molecule has 0 aliphatic carbocycles. The molecule has 23 heavy (non-hydrogen) atoms. The summed E-state index contributed by atoms with van der Waals surface area (Å²) >= 11 is 1.73. The van der Waals surface area contributed by atoms with Crippen LogP contribution in [0.2, 0.25) is 0 Å². The molecule has 2 aromatic rings. The minimum Gasteiger partial charge on any atom is -0.491 e. The van der Waals surface area contributed by atoms with Crippen LogP contribution in [0.4, 0.5) is 5.69 Å². The summed E-state index contributed by atoms with van der Waals surface area (Å²) in [4.78, 5) is 5.60. The molecule has 0 aliphatic heterocycles. The van der Waals surface area contributed by atoms with Crippen molar-refractivity contribution in [3.8, 4) is 5.75 Å². The number of hydrogen-bond donors (Lipinski definition) is 2. The highest BCUT2D eigenvalue weighted by Crippen LogP contribution is 2.17. The lowest BCUT2D eigenvalue weighted by atomic mass is 10.2. The van der Waals surface area contributed by atoms with Crippen LogP contribution in [0.3, 0.4) is 0 Å². The summed E-state index contributed by atoms with van der Waals surface area (Å²) in [7, 11) is 0. The van der Waals surface area contributed by atoms with Gasteiger partial charge in [0.25, 0.3) is 0 Å². The average Bonchev–Trinajstić information content (AvgIpc) is 2.55. The first-order valence-corrected chi connectivity index (χ1v) is 8.76. The molecule has 0 saturated carbocycles. The van der Waals surface area contributed by atoms with E-state index in [9.17, 15) is 0 Å². The van der Waals surface area contributed by atoms with E-state index in [1.165, 1.54) is 4.90 Å². The van der Waals surface area contributed by atoms with Crippen molar-refractivity contribution in [3.63, 3.8) is 0 Å². The number of ether oxygens (including phenoxy) is 1. The van der Waals surface area contributed by atoms with Crippen LogP contribution in [0, 0.1) is 0 Å². The number of nitrogens with zero attached hydrogens (tertiary/aromatic N) is 1. The van der Waals surface area contributed by atoms with Crippen LogP contribution in [-0.2, 0) is 6.54 Å². The molecule has 122 valence electrons. The summed E-state index contributed by atoms with van der Waals surface area (Å²) in [5.74, 6) is 1.24. The van der Waals surface area contributed by atoms with E-state index in [-0.39, 0.29) is 6.10 Å². The number of benzene rings is 2. The molecule has 5 heteroatoms. The van der Waals surface area contributed by atoms with Gasteiger partial charge < -0.3 is 15.8 Å². The molecule has 0 radical (unpaired) electrons. The van der Waals surface area contributed by atoms with E-state index in [1.807, 2.05) is 38.1 Å². The van der Waals surface area contributed by atoms with E-state index in [2.05, 4.69) is 40.8 Å². The summed E-state index contributed by atoms with van der Waals surface area (Å²) in [5.41, 5.74) is 7.95. The van der Waals surface area contributed by atoms with Gasteiger partial charge in [-0.3, -0.25) is 0 Å². The maximum Gasteiger partial charge on any atom is 0.193 e. The molecule has 3 N–H and O–H groups in total. The number of anilines is 1. The van der Waals surface area contributed by atoms with Crippen molar-refractivity contribution in [2.45, 2.75) is 31.4 Å². The summed E-state index contributed by atoms with van der Waals surface area (Å²) in [6.45, 7) is 4.56. The average molecular weight is 329 g/mol. The minimum atomic E-state index is 0.165. The fourth-order valence-corrected chi connectivity index (χ4v) is 2.39. The van der Waals surface area contributed by atoms with Gasteiger partial charge in [0.05, 0.1) is 12.6 Å². The van der Waals surface area contributed by atoms with Crippen molar-refractivity contribution in [1.29, 1.82) is 0 Å². The molecule has 0 aliphatic rings. The smallest absolute Gasteiger partial charge is 0.193 e. The Hall–Kier alpha value is -2.14. The van der Waals surface area contributed by atoms with Crippen LogP contribution in [0.25, 0.3) is 0 Å². The van der Waals surface area contributed by atoms with Crippen LogP contribution in [0.15, 0.2) is 58.4 Å². The number of guanidine groups is 1. The highest BCUT2D eigenvalue weighted by atomic mass is 32.2. The summed E-state index contributed by atoms with van der Waals surface area (Å²) in [6.07, 6.45) is 2.23. The SMILES string of the molecule is CSc1ccc(CN=C(N)Nc2ccc(OC(C)C)cc2)cc1. The van der Waals surface area contributed by atoms with Crippen LogP contribution in [0.1, 0.15) is 19.4 Å². The Morgan fingerprint density at radius 3 is 2.35 bits per heavy atom. The zero-order valence-corrected chi connectivity index (χ0v) is 14.6. The third-order valence-corrected chi connectivity index (χ3v) is 3.83. The first kappa shape index (κ1) is 17.2. The molecule has 0 saturated heterocycles. The molecule has 0 aromatic heterocycles. The largest absolute Gasteiger partial charge is 0.491 e. The third kappa shape index (κ3) is 5.87. The van der Waals surface area contributed by atoms with E-state index < -0.39 is 0 Å². The Morgan fingerprint density at radius 1 is 1.13 bits per heavy atom. The van der Waals surface area contributed by atoms with Crippen molar-refractivity contribution in [2.75, 3.05) is 11.6 Å². The number of nitrogens with one attached hydrogen (secondary N) is 1. The first-order chi connectivity index (χ1) is 11.1. The number of aliphatic imine (C=N–C) groups is 1. The first-order valence-electron chi connectivity index (χ1n) is 7.53. The van der Waals surface area contributed by atoms with Gasteiger partial charge in [-0.15, -0.1) is 11.8 Å². The molecular formula is C18H23N3OS. The van der Waals surface area contributed by atoms with Gasteiger partial charge in [0, 0.05) is 10.6 Å². The molecule has 4 nitrogen and oxygen atoms in total. The number of nitrogens with two attached hydrogens (primary N) is 1. The lowest BCUT2D eigenvalue weighted by Gasteiger charge is -2.11. The maximum absolute atomic E-state index is 5.93. The maximum atomic E-state index is 5.93. The fourth-order valence-electron chi connectivity index (χ4n) is 1.98. The molecule has 2 aromatic carbocycles. The predicted molar refractivity (Wildman–Crippen MR) is 99.4 cm³/mol. The van der Waals surface area contributed by atoms with E-state index in [4.69, 9.17) is 10.5 Å². The third-order valence-electron chi connectivity index (χ3n) is 3.09. The molecule has 0 fully saturated rings. The van der Waals surface area contributed by atoms with E-state index >= 15 is 0 Å². The molecule has 0 atom stereocenters. The number of rotatable bonds is 6. The highest BCUT2D eigenvalue weighted by Gasteiger charge is 1.99. The lowest BCUT2D eigenvalue weighted by molar-refractivity contribution is 0.242. The topological polar surface area (TPSA) is 59.6 Å². The summed E-state index contributed by atoms with van der Waals surface area (Å²) in [6, 6.07) is 16.0. The van der Waals surface area contributed by atoms with Gasteiger partial charge in [-0.25, -0.2) is 4.99 Å². The minimum absolute atomic E-state index is 0.165. The highest BCUT2D eigenvalue weighted by molar-refractivity contribution is 7.98. The van der Waals surface area contributed by atoms with E-state index in [0.717, 1.165) is 17.0 Å².